The van der Waals surface area contributed by atoms with Crippen molar-refractivity contribution in [2.45, 2.75) is 38.3 Å². The van der Waals surface area contributed by atoms with Gasteiger partial charge in [-0.3, -0.25) is 19.8 Å². The highest BCUT2D eigenvalue weighted by atomic mass is 79.9. The molecule has 4 amide bonds. The minimum Gasteiger partial charge on any atom is -0.493 e. The lowest BCUT2D eigenvalue weighted by Crippen LogP contribution is -2.57. The number of hydrogen-bond acceptors (Lipinski definition) is 5. The number of methoxy groups -OCH3 is 1. The number of carbonyl (C=O) groups is 3. The van der Waals surface area contributed by atoms with Crippen molar-refractivity contribution < 1.29 is 23.9 Å². The first-order chi connectivity index (χ1) is 15.9. The van der Waals surface area contributed by atoms with Gasteiger partial charge in [0.1, 0.15) is 12.2 Å². The smallest absolute Gasteiger partial charge is 0.331 e. The molecule has 0 atom stereocenters. The Morgan fingerprint density at radius 1 is 1.06 bits per heavy atom. The SMILES string of the molecule is COc1cc(/C=C2\C(=O)NC(=O)N(C3CCCC3)C2=O)c(Br)cc1OCc1ccc(Br)cc1. The van der Waals surface area contributed by atoms with E-state index in [1.54, 1.807) is 12.1 Å². The number of ether oxygens (including phenoxy) is 2. The quantitative estimate of drug-likeness (QED) is 0.376. The first kappa shape index (κ1) is 23.5. The number of amides is 4. The highest BCUT2D eigenvalue weighted by Gasteiger charge is 2.40. The van der Waals surface area contributed by atoms with Crippen LogP contribution in [-0.2, 0) is 16.2 Å². The molecule has 2 aliphatic rings. The lowest BCUT2D eigenvalue weighted by Gasteiger charge is -2.31. The minimum atomic E-state index is -0.708. The maximum absolute atomic E-state index is 13.1. The predicted molar refractivity (Wildman–Crippen MR) is 130 cm³/mol. The second kappa shape index (κ2) is 10.1. The summed E-state index contributed by atoms with van der Waals surface area (Å²) in [5.74, 6) is -0.316. The van der Waals surface area contributed by atoms with Crippen molar-refractivity contribution in [3.63, 3.8) is 0 Å². The van der Waals surface area contributed by atoms with Gasteiger partial charge < -0.3 is 9.47 Å². The van der Waals surface area contributed by atoms with Gasteiger partial charge in [0.25, 0.3) is 11.8 Å². The first-order valence-corrected chi connectivity index (χ1v) is 12.1. The van der Waals surface area contributed by atoms with Gasteiger partial charge in [0, 0.05) is 15.0 Å². The zero-order chi connectivity index (χ0) is 23.5. The van der Waals surface area contributed by atoms with Gasteiger partial charge in [0.15, 0.2) is 11.5 Å². The fourth-order valence-corrected chi connectivity index (χ4v) is 4.70. The van der Waals surface area contributed by atoms with Crippen molar-refractivity contribution in [3.8, 4) is 11.5 Å². The van der Waals surface area contributed by atoms with Crippen molar-refractivity contribution in [2.24, 2.45) is 0 Å². The van der Waals surface area contributed by atoms with E-state index >= 15 is 0 Å². The number of nitrogens with one attached hydrogen (secondary N) is 1. The maximum Gasteiger partial charge on any atom is 0.331 e. The van der Waals surface area contributed by atoms with Crippen LogP contribution in [0.25, 0.3) is 6.08 Å². The summed E-state index contributed by atoms with van der Waals surface area (Å²) in [4.78, 5) is 39.0. The second-order valence-electron chi connectivity index (χ2n) is 7.87. The van der Waals surface area contributed by atoms with Crippen molar-refractivity contribution in [1.29, 1.82) is 0 Å². The van der Waals surface area contributed by atoms with Crippen LogP contribution >= 0.6 is 31.9 Å². The Morgan fingerprint density at radius 3 is 2.42 bits per heavy atom. The summed E-state index contributed by atoms with van der Waals surface area (Å²) in [5.41, 5.74) is 1.46. The molecule has 1 aliphatic heterocycles. The van der Waals surface area contributed by atoms with Crippen molar-refractivity contribution in [1.82, 2.24) is 10.2 Å². The topological polar surface area (TPSA) is 84.9 Å². The molecule has 0 spiro atoms. The lowest BCUT2D eigenvalue weighted by molar-refractivity contribution is -0.131. The highest BCUT2D eigenvalue weighted by molar-refractivity contribution is 9.10. The third-order valence-corrected chi connectivity index (χ3v) is 6.93. The third-order valence-electron chi connectivity index (χ3n) is 5.71. The third kappa shape index (κ3) is 5.14. The largest absolute Gasteiger partial charge is 0.493 e. The summed E-state index contributed by atoms with van der Waals surface area (Å²) < 4.78 is 13.0. The lowest BCUT2D eigenvalue weighted by atomic mass is 10.0. The number of rotatable bonds is 6. The molecule has 172 valence electrons. The van der Waals surface area contributed by atoms with Crippen LogP contribution in [0.4, 0.5) is 4.79 Å². The normalized spacial score (nSPS) is 18.1. The second-order valence-corrected chi connectivity index (χ2v) is 9.64. The Hall–Kier alpha value is -2.65. The van der Waals surface area contributed by atoms with E-state index < -0.39 is 17.8 Å². The molecule has 0 aromatic heterocycles. The molecule has 2 fully saturated rings. The molecule has 0 unspecified atom stereocenters. The Bertz CT molecular complexity index is 1120. The number of urea groups is 1. The summed E-state index contributed by atoms with van der Waals surface area (Å²) in [5, 5.41) is 2.29. The van der Waals surface area contributed by atoms with E-state index in [-0.39, 0.29) is 11.6 Å². The summed E-state index contributed by atoms with van der Waals surface area (Å²) in [7, 11) is 1.52. The number of barbiturate groups is 1. The van der Waals surface area contributed by atoms with Crippen LogP contribution in [0.15, 0.2) is 50.9 Å². The molecule has 1 heterocycles. The molecule has 2 aromatic carbocycles. The molecule has 9 heteroatoms. The molecule has 4 rings (SSSR count). The van der Waals surface area contributed by atoms with E-state index in [1.165, 1.54) is 18.1 Å². The molecule has 1 aliphatic carbocycles. The van der Waals surface area contributed by atoms with Crippen LogP contribution < -0.4 is 14.8 Å². The van der Waals surface area contributed by atoms with E-state index in [4.69, 9.17) is 9.47 Å². The number of halogens is 2. The average molecular weight is 578 g/mol. The maximum atomic E-state index is 13.1. The van der Waals surface area contributed by atoms with Gasteiger partial charge >= 0.3 is 6.03 Å². The Morgan fingerprint density at radius 2 is 1.76 bits per heavy atom. The monoisotopic (exact) mass is 576 g/mol. The van der Waals surface area contributed by atoms with Crippen LogP contribution in [0.1, 0.15) is 36.8 Å². The highest BCUT2D eigenvalue weighted by Crippen LogP contribution is 2.36. The van der Waals surface area contributed by atoms with E-state index in [9.17, 15) is 14.4 Å². The minimum absolute atomic E-state index is 0.0900. The molecule has 2 aromatic rings. The molecule has 0 bridgehead atoms. The number of carbonyl (C=O) groups excluding carboxylic acids is 3. The molecule has 1 saturated heterocycles. The van der Waals surface area contributed by atoms with Crippen LogP contribution in [0.5, 0.6) is 11.5 Å². The molecule has 1 saturated carbocycles. The van der Waals surface area contributed by atoms with Gasteiger partial charge in [0.2, 0.25) is 0 Å². The zero-order valence-electron chi connectivity index (χ0n) is 17.9. The number of imide groups is 2. The van der Waals surface area contributed by atoms with Crippen molar-refractivity contribution in [2.75, 3.05) is 7.11 Å². The Kier molecular flexibility index (Phi) is 7.19. The Labute approximate surface area is 208 Å². The fourth-order valence-electron chi connectivity index (χ4n) is 4.00. The predicted octanol–water partition coefficient (Wildman–Crippen LogP) is 5.20. The fraction of sp³-hybridized carbons (Fsp3) is 0.292. The van der Waals surface area contributed by atoms with Crippen LogP contribution in [0, 0.1) is 0 Å². The summed E-state index contributed by atoms with van der Waals surface area (Å²) in [6.07, 6.45) is 4.89. The van der Waals surface area contributed by atoms with E-state index in [2.05, 4.69) is 37.2 Å². The molecule has 1 N–H and O–H groups in total. The number of hydrogen-bond donors (Lipinski definition) is 1. The van der Waals surface area contributed by atoms with E-state index in [0.29, 0.717) is 28.1 Å². The zero-order valence-corrected chi connectivity index (χ0v) is 21.1. The number of nitrogens with zero attached hydrogens (tertiary/aromatic N) is 1. The van der Waals surface area contributed by atoms with Gasteiger partial charge in [-0.15, -0.1) is 0 Å². The van der Waals surface area contributed by atoms with E-state index in [1.807, 2.05) is 24.3 Å². The van der Waals surface area contributed by atoms with Gasteiger partial charge in [-0.2, -0.15) is 0 Å². The number of benzene rings is 2. The summed E-state index contributed by atoms with van der Waals surface area (Å²) in [6, 6.07) is 10.4. The molecule has 7 nitrogen and oxygen atoms in total. The van der Waals surface area contributed by atoms with Gasteiger partial charge in [-0.1, -0.05) is 56.8 Å². The summed E-state index contributed by atoms with van der Waals surface area (Å²) >= 11 is 6.91. The first-order valence-electron chi connectivity index (χ1n) is 10.5. The van der Waals surface area contributed by atoms with Gasteiger partial charge in [-0.05, 0) is 54.3 Å². The van der Waals surface area contributed by atoms with E-state index in [0.717, 1.165) is 35.7 Å². The van der Waals surface area contributed by atoms with Crippen molar-refractivity contribution >= 4 is 55.8 Å². The average Bonchev–Trinajstić information content (AvgIpc) is 3.31. The molecule has 33 heavy (non-hydrogen) atoms. The van der Waals surface area contributed by atoms with Crippen LogP contribution in [-0.4, -0.2) is 35.9 Å². The van der Waals surface area contributed by atoms with Gasteiger partial charge in [0.05, 0.1) is 7.11 Å². The van der Waals surface area contributed by atoms with Crippen LogP contribution in [0.3, 0.4) is 0 Å². The van der Waals surface area contributed by atoms with Crippen molar-refractivity contribution in [3.05, 3.63) is 62.0 Å². The van der Waals surface area contributed by atoms with Gasteiger partial charge in [-0.25, -0.2) is 4.79 Å². The molecule has 0 radical (unpaired) electrons. The standard InChI is InChI=1S/C24H22Br2N2O5/c1-32-20-11-15(19(26)12-21(20)33-13-14-6-8-16(25)9-7-14)10-18-22(29)27-24(31)28(23(18)30)17-4-2-3-5-17/h6-12,17H,2-5,13H2,1H3,(H,27,29,31)/b18-10+. The Balaban J connectivity index is 1.60. The molecular formula is C24H22Br2N2O5. The summed E-state index contributed by atoms with van der Waals surface area (Å²) in [6.45, 7) is 0.343. The molecular weight excluding hydrogens is 556 g/mol. The van der Waals surface area contributed by atoms with Crippen LogP contribution in [0.2, 0.25) is 0 Å².